The van der Waals surface area contributed by atoms with E-state index in [4.69, 9.17) is 5.11 Å². The number of halogens is 3. The van der Waals surface area contributed by atoms with E-state index in [0.717, 1.165) is 0 Å². The molecule has 0 fully saturated rings. The summed E-state index contributed by atoms with van der Waals surface area (Å²) in [6.45, 7) is 1.23. The fourth-order valence-electron chi connectivity index (χ4n) is 0.219. The molecule has 0 aromatic heterocycles. The third-order valence-corrected chi connectivity index (χ3v) is 0.591. The average Bonchev–Trinajstić information content (AvgIpc) is 1.64. The van der Waals surface area contributed by atoms with Gasteiger partial charge in [0.25, 0.3) is 0 Å². The van der Waals surface area contributed by atoms with Crippen molar-refractivity contribution in [1.29, 1.82) is 0 Å². The predicted molar refractivity (Wildman–Crippen MR) is 25.5 cm³/mol. The highest BCUT2D eigenvalue weighted by molar-refractivity contribution is 5.04. The Morgan fingerprint density at radius 3 is 2.00 bits per heavy atom. The zero-order chi connectivity index (χ0) is 7.49. The summed E-state index contributed by atoms with van der Waals surface area (Å²) in [7, 11) is 0. The lowest BCUT2D eigenvalue weighted by Crippen LogP contribution is -2.26. The molecule has 0 aromatic carbocycles. The molecule has 0 radical (unpaired) electrons. The van der Waals surface area contributed by atoms with Gasteiger partial charge in [-0.25, -0.2) is 0 Å². The molecule has 0 saturated heterocycles. The lowest BCUT2D eigenvalue weighted by Gasteiger charge is -2.06. The van der Waals surface area contributed by atoms with Gasteiger partial charge in [0.1, 0.15) is 0 Å². The molecule has 0 aromatic rings. The number of rotatable bonds is 0. The molecular weight excluding hydrogens is 133 g/mol. The van der Waals surface area contributed by atoms with E-state index < -0.39 is 12.3 Å². The number of hydrogen-bond donors (Lipinski definition) is 1. The smallest absolute Gasteiger partial charge is 0.372 e. The molecule has 1 atom stereocenters. The summed E-state index contributed by atoms with van der Waals surface area (Å²) in [5.41, 5.74) is 0. The second kappa shape index (κ2) is 2.74. The Kier molecular flexibility index (Phi) is 2.53. The summed E-state index contributed by atoms with van der Waals surface area (Å²) in [4.78, 5) is 0. The van der Waals surface area contributed by atoms with Crippen LogP contribution in [0.1, 0.15) is 6.92 Å². The molecule has 1 N–H and O–H groups in total. The van der Waals surface area contributed by atoms with E-state index in [1.54, 1.807) is 5.92 Å². The van der Waals surface area contributed by atoms with Crippen molar-refractivity contribution in [2.24, 2.45) is 0 Å². The predicted octanol–water partition coefficient (Wildman–Crippen LogP) is 0.933. The van der Waals surface area contributed by atoms with E-state index in [1.165, 1.54) is 6.92 Å². The molecule has 0 aliphatic rings. The first-order valence-corrected chi connectivity index (χ1v) is 2.15. The summed E-state index contributed by atoms with van der Waals surface area (Å²) < 4.78 is 33.9. The highest BCUT2D eigenvalue weighted by atomic mass is 19.4. The quantitative estimate of drug-likeness (QED) is 0.494. The minimum Gasteiger partial charge on any atom is -0.372 e. The van der Waals surface area contributed by atoms with Gasteiger partial charge in [-0.3, -0.25) is 0 Å². The zero-order valence-electron chi connectivity index (χ0n) is 4.66. The van der Waals surface area contributed by atoms with Crippen molar-refractivity contribution in [1.82, 2.24) is 0 Å². The number of aliphatic hydroxyl groups is 1. The van der Waals surface area contributed by atoms with Gasteiger partial charge in [0.05, 0.1) is 0 Å². The van der Waals surface area contributed by atoms with Gasteiger partial charge in [-0.15, -0.1) is 5.92 Å². The van der Waals surface area contributed by atoms with E-state index in [-0.39, 0.29) is 0 Å². The largest absolute Gasteiger partial charge is 0.425 e. The third kappa shape index (κ3) is 2.98. The van der Waals surface area contributed by atoms with Crippen LogP contribution in [0, 0.1) is 11.8 Å². The van der Waals surface area contributed by atoms with Gasteiger partial charge in [0, 0.05) is 0 Å². The van der Waals surface area contributed by atoms with Crippen LogP contribution < -0.4 is 0 Å². The van der Waals surface area contributed by atoms with E-state index in [9.17, 15) is 13.2 Å². The van der Waals surface area contributed by atoms with Crippen LogP contribution >= 0.6 is 0 Å². The SMILES string of the molecule is CC#CC(O)C(F)(F)F. The van der Waals surface area contributed by atoms with Crippen LogP contribution in [-0.4, -0.2) is 17.4 Å². The van der Waals surface area contributed by atoms with Gasteiger partial charge in [-0.1, -0.05) is 5.92 Å². The normalized spacial score (nSPS) is 13.9. The molecule has 0 aliphatic heterocycles. The maximum absolute atomic E-state index is 11.3. The molecule has 0 spiro atoms. The minimum absolute atomic E-state index is 1.23. The topological polar surface area (TPSA) is 20.2 Å². The van der Waals surface area contributed by atoms with Crippen LogP contribution in [0.2, 0.25) is 0 Å². The summed E-state index contributed by atoms with van der Waals surface area (Å²) in [6.07, 6.45) is -7.11. The van der Waals surface area contributed by atoms with Crippen molar-refractivity contribution in [3.05, 3.63) is 0 Å². The molecule has 1 nitrogen and oxygen atoms in total. The third-order valence-electron chi connectivity index (χ3n) is 0.591. The Hall–Kier alpha value is -0.690. The van der Waals surface area contributed by atoms with Crippen molar-refractivity contribution in [3.8, 4) is 11.8 Å². The van der Waals surface area contributed by atoms with Crippen LogP contribution in [0.5, 0.6) is 0 Å². The molecule has 0 bridgehead atoms. The monoisotopic (exact) mass is 138 g/mol. The Bertz CT molecular complexity index is 139. The fourth-order valence-corrected chi connectivity index (χ4v) is 0.219. The van der Waals surface area contributed by atoms with Crippen LogP contribution in [0.4, 0.5) is 13.2 Å². The lowest BCUT2D eigenvalue weighted by molar-refractivity contribution is -0.184. The Morgan fingerprint density at radius 1 is 1.44 bits per heavy atom. The van der Waals surface area contributed by atoms with Crippen molar-refractivity contribution >= 4 is 0 Å². The average molecular weight is 138 g/mol. The summed E-state index contributed by atoms with van der Waals surface area (Å²) in [5.74, 6) is 3.52. The van der Waals surface area contributed by atoms with Crippen LogP contribution in [0.25, 0.3) is 0 Å². The fraction of sp³-hybridized carbons (Fsp3) is 0.600. The first-order valence-electron chi connectivity index (χ1n) is 2.15. The highest BCUT2D eigenvalue weighted by Gasteiger charge is 2.36. The summed E-state index contributed by atoms with van der Waals surface area (Å²) in [5, 5.41) is 8.09. The molecule has 0 saturated carbocycles. The van der Waals surface area contributed by atoms with Gasteiger partial charge in [-0.05, 0) is 6.92 Å². The summed E-state index contributed by atoms with van der Waals surface area (Å²) >= 11 is 0. The lowest BCUT2D eigenvalue weighted by atomic mass is 10.3. The maximum atomic E-state index is 11.3. The molecule has 1 unspecified atom stereocenters. The molecule has 0 amide bonds. The molecule has 4 heteroatoms. The first kappa shape index (κ1) is 8.31. The number of alkyl halides is 3. The first-order chi connectivity index (χ1) is 3.98. The zero-order valence-corrected chi connectivity index (χ0v) is 4.66. The van der Waals surface area contributed by atoms with E-state index in [2.05, 4.69) is 0 Å². The summed E-state index contributed by atoms with van der Waals surface area (Å²) in [6, 6.07) is 0. The van der Waals surface area contributed by atoms with Gasteiger partial charge in [0.15, 0.2) is 0 Å². The second-order valence-electron chi connectivity index (χ2n) is 1.34. The number of hydrogen-bond acceptors (Lipinski definition) is 1. The molecule has 9 heavy (non-hydrogen) atoms. The van der Waals surface area contributed by atoms with Gasteiger partial charge in [-0.2, -0.15) is 13.2 Å². The maximum Gasteiger partial charge on any atom is 0.425 e. The molecule has 0 heterocycles. The van der Waals surface area contributed by atoms with Gasteiger partial charge < -0.3 is 5.11 Å². The van der Waals surface area contributed by atoms with Gasteiger partial charge in [0.2, 0.25) is 6.10 Å². The van der Waals surface area contributed by atoms with Crippen molar-refractivity contribution < 1.29 is 18.3 Å². The minimum atomic E-state index is -4.61. The Balaban J connectivity index is 3.99. The molecular formula is C5H5F3O. The Labute approximate surface area is 50.5 Å². The van der Waals surface area contributed by atoms with E-state index >= 15 is 0 Å². The van der Waals surface area contributed by atoms with Crippen LogP contribution in [0.15, 0.2) is 0 Å². The second-order valence-corrected chi connectivity index (χ2v) is 1.34. The van der Waals surface area contributed by atoms with E-state index in [1.807, 2.05) is 5.92 Å². The molecule has 52 valence electrons. The van der Waals surface area contributed by atoms with Crippen molar-refractivity contribution in [3.63, 3.8) is 0 Å². The standard InChI is InChI=1S/C5H5F3O/c1-2-3-4(9)5(6,7)8/h4,9H,1H3. The molecule has 0 rings (SSSR count). The molecule has 0 aliphatic carbocycles. The van der Waals surface area contributed by atoms with Crippen molar-refractivity contribution in [2.75, 3.05) is 0 Å². The Morgan fingerprint density at radius 2 is 1.89 bits per heavy atom. The van der Waals surface area contributed by atoms with Crippen LogP contribution in [0.3, 0.4) is 0 Å². The van der Waals surface area contributed by atoms with Crippen molar-refractivity contribution in [2.45, 2.75) is 19.2 Å². The van der Waals surface area contributed by atoms with Gasteiger partial charge >= 0.3 is 6.18 Å². The number of aliphatic hydroxyl groups excluding tert-OH is 1. The highest BCUT2D eigenvalue weighted by Crippen LogP contribution is 2.18. The van der Waals surface area contributed by atoms with E-state index in [0.29, 0.717) is 0 Å². The van der Waals surface area contributed by atoms with Crippen LogP contribution in [-0.2, 0) is 0 Å².